The first-order valence-electron chi connectivity index (χ1n) is 6.60. The first-order chi connectivity index (χ1) is 9.95. The van der Waals surface area contributed by atoms with Crippen molar-refractivity contribution >= 4 is 28.1 Å². The number of nitrogens with zero attached hydrogens (tertiary/aromatic N) is 3. The quantitative estimate of drug-likeness (QED) is 0.729. The Morgan fingerprint density at radius 2 is 2.00 bits per heavy atom. The summed E-state index contributed by atoms with van der Waals surface area (Å²) in [5, 5.41) is 1.39. The van der Waals surface area contributed by atoms with Crippen LogP contribution in [-0.2, 0) is 5.41 Å². The highest BCUT2D eigenvalue weighted by Crippen LogP contribution is 2.33. The maximum Gasteiger partial charge on any atom is 0.298 e. The predicted molar refractivity (Wildman–Crippen MR) is 84.8 cm³/mol. The van der Waals surface area contributed by atoms with E-state index in [9.17, 15) is 0 Å². The zero-order valence-electron chi connectivity index (χ0n) is 12.1. The van der Waals surface area contributed by atoms with Gasteiger partial charge < -0.3 is 10.5 Å². The first kappa shape index (κ1) is 13.8. The van der Waals surface area contributed by atoms with E-state index in [1.54, 1.807) is 12.3 Å². The van der Waals surface area contributed by atoms with Crippen LogP contribution >= 0.6 is 11.5 Å². The number of nitrogen functional groups attached to an aromatic ring is 1. The lowest BCUT2D eigenvalue weighted by molar-refractivity contribution is 0.472. The van der Waals surface area contributed by atoms with E-state index in [-0.39, 0.29) is 5.41 Å². The van der Waals surface area contributed by atoms with Crippen LogP contribution < -0.4 is 10.5 Å². The maximum atomic E-state index is 5.94. The van der Waals surface area contributed by atoms with E-state index >= 15 is 0 Å². The van der Waals surface area contributed by atoms with Crippen molar-refractivity contribution in [3.8, 4) is 10.9 Å². The van der Waals surface area contributed by atoms with Gasteiger partial charge in [0, 0.05) is 28.5 Å². The molecule has 0 atom stereocenters. The van der Waals surface area contributed by atoms with E-state index in [4.69, 9.17) is 10.5 Å². The molecule has 0 saturated heterocycles. The average Bonchev–Trinajstić information content (AvgIpc) is 2.91. The SMILES string of the molecule is CC(C)(C)c1nsc(Oc2ccc(N)c3ncccc23)n1. The molecule has 0 fully saturated rings. The summed E-state index contributed by atoms with van der Waals surface area (Å²) in [5.74, 6) is 1.46. The summed E-state index contributed by atoms with van der Waals surface area (Å²) in [6.45, 7) is 6.21. The second kappa shape index (κ2) is 4.96. The smallest absolute Gasteiger partial charge is 0.298 e. The number of pyridine rings is 1. The molecule has 21 heavy (non-hydrogen) atoms. The van der Waals surface area contributed by atoms with Crippen LogP contribution in [0, 0.1) is 0 Å². The lowest BCUT2D eigenvalue weighted by atomic mass is 9.96. The number of anilines is 1. The predicted octanol–water partition coefficient (Wildman–Crippen LogP) is 3.76. The van der Waals surface area contributed by atoms with Crippen molar-refractivity contribution in [1.29, 1.82) is 0 Å². The van der Waals surface area contributed by atoms with Gasteiger partial charge in [0.2, 0.25) is 0 Å². The molecule has 3 aromatic rings. The molecule has 3 rings (SSSR count). The minimum Gasteiger partial charge on any atom is -0.429 e. The van der Waals surface area contributed by atoms with Gasteiger partial charge in [-0.05, 0) is 24.3 Å². The summed E-state index contributed by atoms with van der Waals surface area (Å²) in [6.07, 6.45) is 1.71. The van der Waals surface area contributed by atoms with Crippen molar-refractivity contribution in [2.24, 2.45) is 0 Å². The van der Waals surface area contributed by atoms with Gasteiger partial charge in [0.15, 0.2) is 5.82 Å². The zero-order valence-corrected chi connectivity index (χ0v) is 12.9. The van der Waals surface area contributed by atoms with Crippen LogP contribution in [0.1, 0.15) is 26.6 Å². The summed E-state index contributed by atoms with van der Waals surface area (Å²) < 4.78 is 10.2. The van der Waals surface area contributed by atoms with E-state index in [2.05, 4.69) is 35.1 Å². The molecule has 0 bridgehead atoms. The van der Waals surface area contributed by atoms with Gasteiger partial charge in [0.05, 0.1) is 11.2 Å². The topological polar surface area (TPSA) is 73.9 Å². The number of rotatable bonds is 2. The van der Waals surface area contributed by atoms with E-state index < -0.39 is 0 Å². The van der Waals surface area contributed by atoms with Gasteiger partial charge in [-0.3, -0.25) is 4.98 Å². The van der Waals surface area contributed by atoms with E-state index in [1.807, 2.05) is 18.2 Å². The third-order valence-electron chi connectivity index (χ3n) is 3.04. The van der Waals surface area contributed by atoms with Gasteiger partial charge in [0.25, 0.3) is 5.19 Å². The second-order valence-corrected chi connectivity index (χ2v) is 6.50. The molecule has 1 aromatic carbocycles. The van der Waals surface area contributed by atoms with Gasteiger partial charge in [-0.1, -0.05) is 20.8 Å². The van der Waals surface area contributed by atoms with E-state index in [0.29, 0.717) is 16.6 Å². The monoisotopic (exact) mass is 300 g/mol. The molecule has 0 amide bonds. The highest BCUT2D eigenvalue weighted by molar-refractivity contribution is 7.07. The fourth-order valence-corrected chi connectivity index (χ4v) is 2.64. The second-order valence-electron chi connectivity index (χ2n) is 5.79. The summed E-state index contributed by atoms with van der Waals surface area (Å²) >= 11 is 1.25. The molecule has 2 aromatic heterocycles. The zero-order chi connectivity index (χ0) is 15.0. The van der Waals surface area contributed by atoms with Crippen molar-refractivity contribution in [3.05, 3.63) is 36.3 Å². The Labute approximate surface area is 127 Å². The van der Waals surface area contributed by atoms with Crippen molar-refractivity contribution in [3.63, 3.8) is 0 Å². The number of hydrogen-bond acceptors (Lipinski definition) is 6. The molecule has 6 heteroatoms. The Bertz CT molecular complexity index is 792. The van der Waals surface area contributed by atoms with Crippen LogP contribution in [-0.4, -0.2) is 14.3 Å². The fraction of sp³-hybridized carbons (Fsp3) is 0.267. The number of aromatic nitrogens is 3. The van der Waals surface area contributed by atoms with E-state index in [0.717, 1.165) is 16.7 Å². The highest BCUT2D eigenvalue weighted by atomic mass is 32.1. The van der Waals surface area contributed by atoms with Crippen molar-refractivity contribution in [1.82, 2.24) is 14.3 Å². The van der Waals surface area contributed by atoms with Gasteiger partial charge in [-0.25, -0.2) is 0 Å². The molecule has 108 valence electrons. The van der Waals surface area contributed by atoms with Gasteiger partial charge in [-0.15, -0.1) is 0 Å². The molecule has 2 heterocycles. The maximum absolute atomic E-state index is 5.94. The Morgan fingerprint density at radius 1 is 1.19 bits per heavy atom. The minimum atomic E-state index is -0.0944. The third-order valence-corrected chi connectivity index (χ3v) is 3.63. The Balaban J connectivity index is 1.99. The van der Waals surface area contributed by atoms with Crippen molar-refractivity contribution in [2.45, 2.75) is 26.2 Å². The summed E-state index contributed by atoms with van der Waals surface area (Å²) in [6, 6.07) is 7.41. The summed E-state index contributed by atoms with van der Waals surface area (Å²) in [4.78, 5) is 8.73. The van der Waals surface area contributed by atoms with Crippen LogP contribution in [0.5, 0.6) is 10.9 Å². The van der Waals surface area contributed by atoms with Gasteiger partial charge in [0.1, 0.15) is 5.75 Å². The van der Waals surface area contributed by atoms with Crippen LogP contribution in [0.2, 0.25) is 0 Å². The molecule has 0 spiro atoms. The highest BCUT2D eigenvalue weighted by Gasteiger charge is 2.20. The molecule has 5 nitrogen and oxygen atoms in total. The van der Waals surface area contributed by atoms with Crippen LogP contribution in [0.15, 0.2) is 30.5 Å². The van der Waals surface area contributed by atoms with Gasteiger partial charge in [-0.2, -0.15) is 9.36 Å². The molecule has 0 aliphatic heterocycles. The number of hydrogen-bond donors (Lipinski definition) is 1. The third kappa shape index (κ3) is 2.67. The lowest BCUT2D eigenvalue weighted by Crippen LogP contribution is -2.12. The first-order valence-corrected chi connectivity index (χ1v) is 7.38. The largest absolute Gasteiger partial charge is 0.429 e. The Morgan fingerprint density at radius 3 is 2.71 bits per heavy atom. The minimum absolute atomic E-state index is 0.0944. The van der Waals surface area contributed by atoms with Crippen LogP contribution in [0.4, 0.5) is 5.69 Å². The number of nitrogens with two attached hydrogens (primary N) is 1. The molecular formula is C15H16N4OS. The Kier molecular flexibility index (Phi) is 3.25. The molecular weight excluding hydrogens is 284 g/mol. The fourth-order valence-electron chi connectivity index (χ4n) is 1.91. The van der Waals surface area contributed by atoms with Crippen molar-refractivity contribution < 1.29 is 4.74 Å². The Hall–Kier alpha value is -2.21. The molecule has 0 radical (unpaired) electrons. The molecule has 0 unspecified atom stereocenters. The van der Waals surface area contributed by atoms with E-state index in [1.165, 1.54) is 11.5 Å². The number of benzene rings is 1. The summed E-state index contributed by atoms with van der Waals surface area (Å²) in [5.41, 5.74) is 7.20. The van der Waals surface area contributed by atoms with Crippen molar-refractivity contribution in [2.75, 3.05) is 5.73 Å². The number of fused-ring (bicyclic) bond motifs is 1. The van der Waals surface area contributed by atoms with Gasteiger partial charge >= 0.3 is 0 Å². The van der Waals surface area contributed by atoms with Crippen LogP contribution in [0.25, 0.3) is 10.9 Å². The molecule has 0 saturated carbocycles. The average molecular weight is 300 g/mol. The lowest BCUT2D eigenvalue weighted by Gasteiger charge is -2.12. The standard InChI is InChI=1S/C15H16N4OS/c1-15(2,3)13-18-14(21-19-13)20-11-7-6-10(16)12-9(11)5-4-8-17-12/h4-8H,16H2,1-3H3. The van der Waals surface area contributed by atoms with Crippen LogP contribution in [0.3, 0.4) is 0 Å². The molecule has 0 aliphatic rings. The molecule has 2 N–H and O–H groups in total. The molecule has 0 aliphatic carbocycles. The summed E-state index contributed by atoms with van der Waals surface area (Å²) in [7, 11) is 0. The number of ether oxygens (including phenoxy) is 1. The normalized spacial score (nSPS) is 11.8.